The number of fused-ring (bicyclic) bond motifs is 4. The van der Waals surface area contributed by atoms with Crippen LogP contribution in [0.15, 0.2) is 73.8 Å². The van der Waals surface area contributed by atoms with Gasteiger partial charge in [-0.1, -0.05) is 29.2 Å². The molecule has 0 bridgehead atoms. The summed E-state index contributed by atoms with van der Waals surface area (Å²) in [6.07, 6.45) is 4.10. The van der Waals surface area contributed by atoms with Crippen molar-refractivity contribution in [2.75, 3.05) is 23.0 Å². The molecule has 2 N–H and O–H groups in total. The number of thioether (sulfide) groups is 1. The molecule has 4 heterocycles. The summed E-state index contributed by atoms with van der Waals surface area (Å²) < 4.78 is 73.2. The molecule has 0 amide bonds. The molecule has 0 radical (unpaired) electrons. The fraction of sp³-hybridized carbons (Fsp3) is 0.222. The monoisotopic (exact) mass is 649 g/mol. The zero-order chi connectivity index (χ0) is 28.8. The molecule has 9 nitrogen and oxygen atoms in total. The maximum Gasteiger partial charge on any atom is 0.265 e. The molecular weight excluding hydrogens is 625 g/mol. The van der Waals surface area contributed by atoms with Crippen LogP contribution in [-0.2, 0) is 26.8 Å². The minimum Gasteiger partial charge on any atom is -0.464 e. The predicted octanol–water partition coefficient (Wildman–Crippen LogP) is 6.13. The molecule has 3 aromatic heterocycles. The zero-order valence-electron chi connectivity index (χ0n) is 21.5. The molecule has 0 fully saturated rings. The number of aryl methyl sites for hydroxylation is 1. The van der Waals surface area contributed by atoms with E-state index in [1.807, 2.05) is 34.2 Å². The topological polar surface area (TPSA) is 129 Å². The van der Waals surface area contributed by atoms with Crippen molar-refractivity contribution < 1.29 is 34.9 Å². The molecule has 0 unspecified atom stereocenters. The molecule has 41 heavy (non-hydrogen) atoms. The first-order chi connectivity index (χ1) is 19.6. The highest BCUT2D eigenvalue weighted by Gasteiger charge is 2.29. The Balaban J connectivity index is 1.43. The summed E-state index contributed by atoms with van der Waals surface area (Å²) in [5.74, 6) is -0.708. The Bertz CT molecular complexity index is 1990. The second kappa shape index (κ2) is 11.2. The third-order valence-corrected chi connectivity index (χ3v) is 11.2. The number of anilines is 1. The van der Waals surface area contributed by atoms with Gasteiger partial charge in [-0.05, 0) is 64.7 Å². The van der Waals surface area contributed by atoms with Crippen LogP contribution in [0.4, 0.5) is 5.69 Å². The van der Waals surface area contributed by atoms with E-state index < -0.39 is 20.2 Å². The number of thiazole rings is 1. The summed E-state index contributed by atoms with van der Waals surface area (Å²) in [4.78, 5) is 3.10. The summed E-state index contributed by atoms with van der Waals surface area (Å²) in [5.41, 5.74) is 4.74. The van der Waals surface area contributed by atoms with Crippen molar-refractivity contribution in [1.29, 1.82) is 0 Å². The smallest absolute Gasteiger partial charge is 0.265 e. The van der Waals surface area contributed by atoms with E-state index in [9.17, 15) is 25.9 Å². The first-order valence-electron chi connectivity index (χ1n) is 12.6. The summed E-state index contributed by atoms with van der Waals surface area (Å²) in [6, 6.07) is 14.0. The van der Waals surface area contributed by atoms with Crippen molar-refractivity contribution in [3.8, 4) is 11.1 Å². The predicted molar refractivity (Wildman–Crippen MR) is 165 cm³/mol. The molecule has 0 aliphatic carbocycles. The van der Waals surface area contributed by atoms with Crippen LogP contribution in [0.1, 0.15) is 17.8 Å². The number of rotatable bonds is 10. The molecule has 6 rings (SSSR count). The van der Waals surface area contributed by atoms with Gasteiger partial charge in [0, 0.05) is 17.9 Å². The lowest BCUT2D eigenvalue weighted by atomic mass is 10.1. The largest absolute Gasteiger partial charge is 0.464 e. The Kier molecular flexibility index (Phi) is 7.74. The summed E-state index contributed by atoms with van der Waals surface area (Å²) in [5, 5.41) is 6.76. The quantitative estimate of drug-likeness (QED) is 0.136. The van der Waals surface area contributed by atoms with E-state index in [2.05, 4.69) is 34.5 Å². The van der Waals surface area contributed by atoms with E-state index in [1.165, 1.54) is 0 Å². The van der Waals surface area contributed by atoms with Gasteiger partial charge in [-0.3, -0.25) is 9.11 Å². The number of aromatic nitrogens is 1. The van der Waals surface area contributed by atoms with Crippen molar-refractivity contribution >= 4 is 87.6 Å². The molecule has 0 saturated heterocycles. The molecule has 0 saturated carbocycles. The van der Waals surface area contributed by atoms with Crippen molar-refractivity contribution in [3.05, 3.63) is 69.5 Å². The highest BCUT2D eigenvalue weighted by Crippen LogP contribution is 2.48. The van der Waals surface area contributed by atoms with E-state index in [4.69, 9.17) is 4.42 Å². The van der Waals surface area contributed by atoms with Gasteiger partial charge in [0.25, 0.3) is 25.2 Å². The van der Waals surface area contributed by atoms with Crippen LogP contribution in [0.5, 0.6) is 0 Å². The Labute approximate surface area is 249 Å². The number of nitrogens with zero attached hydrogens (tertiary/aromatic N) is 2. The van der Waals surface area contributed by atoms with Crippen molar-refractivity contribution in [2.45, 2.75) is 24.3 Å². The molecular formula is C27H25N2O7S5+. The first-order valence-corrected chi connectivity index (χ1v) is 18.4. The second-order valence-corrected chi connectivity index (χ2v) is 15.6. The lowest BCUT2D eigenvalue weighted by molar-refractivity contribution is -0.667. The third-order valence-electron chi connectivity index (χ3n) is 6.72. The lowest BCUT2D eigenvalue weighted by Crippen LogP contribution is -2.36. The van der Waals surface area contributed by atoms with E-state index in [0.29, 0.717) is 18.7 Å². The van der Waals surface area contributed by atoms with Crippen LogP contribution < -0.4 is 9.47 Å². The molecule has 5 aromatic rings. The standard InChI is InChI=1S/C27H24N2O7S5/c30-40(31,32)13-1-9-28-21-15-18(19-8-12-37-17-19)3-5-23(21)38-25(28)16-26-29(10-2-14-41(33,34)35)27-20-7-11-36-22(20)4-6-24(27)39-26/h3-8,11-12,15-17H,1-2,9-10,13-14H2,(H-,30,31,32,33,34,35)/p+1. The number of hydrogen-bond acceptors (Lipinski definition) is 9. The number of thiophene rings is 1. The molecule has 1 aliphatic heterocycles. The summed E-state index contributed by atoms with van der Waals surface area (Å²) >= 11 is 4.74. The Morgan fingerprint density at radius 2 is 1.76 bits per heavy atom. The SMILES string of the molecule is O=S(=O)(O)CCCN1C(=Cc2sc3ccc4occc4c3[n+]2CCCS(=O)(=O)O)Sc2ccc(-c3ccsc3)cc21. The Hall–Kier alpha value is -2.72. The number of hydrogen-bond donors (Lipinski definition) is 2. The Morgan fingerprint density at radius 1 is 0.951 bits per heavy atom. The van der Waals surface area contributed by atoms with Crippen molar-refractivity contribution in [3.63, 3.8) is 0 Å². The van der Waals surface area contributed by atoms with Crippen molar-refractivity contribution in [2.24, 2.45) is 0 Å². The van der Waals surface area contributed by atoms with Gasteiger partial charge in [0.2, 0.25) is 5.52 Å². The minimum atomic E-state index is -4.11. The van der Waals surface area contributed by atoms with E-state index >= 15 is 0 Å². The molecule has 0 atom stereocenters. The van der Waals surface area contributed by atoms with Gasteiger partial charge in [-0.25, -0.2) is 0 Å². The van der Waals surface area contributed by atoms with Crippen LogP contribution in [0.25, 0.3) is 38.4 Å². The number of benzene rings is 2. The minimum absolute atomic E-state index is 0.217. The van der Waals surface area contributed by atoms with Gasteiger partial charge in [0.1, 0.15) is 10.3 Å². The lowest BCUT2D eigenvalue weighted by Gasteiger charge is -2.20. The molecule has 0 spiro atoms. The van der Waals surface area contributed by atoms with Gasteiger partial charge in [0.15, 0.2) is 6.54 Å². The van der Waals surface area contributed by atoms with Crippen LogP contribution in [-0.4, -0.2) is 44.0 Å². The van der Waals surface area contributed by atoms with Gasteiger partial charge < -0.3 is 9.32 Å². The van der Waals surface area contributed by atoms with Gasteiger partial charge in [-0.15, -0.1) is 0 Å². The normalized spacial score (nSPS) is 15.0. The van der Waals surface area contributed by atoms with E-state index in [-0.39, 0.29) is 24.3 Å². The summed E-state index contributed by atoms with van der Waals surface area (Å²) in [6.45, 7) is 0.726. The fourth-order valence-corrected chi connectivity index (χ4v) is 8.91. The molecule has 14 heteroatoms. The zero-order valence-corrected chi connectivity index (χ0v) is 25.5. The highest BCUT2D eigenvalue weighted by atomic mass is 32.2. The van der Waals surface area contributed by atoms with Crippen LogP contribution in [0.2, 0.25) is 0 Å². The highest BCUT2D eigenvalue weighted by molar-refractivity contribution is 8.04. The molecule has 214 valence electrons. The average Bonchev–Trinajstić information content (AvgIpc) is 3.69. The Morgan fingerprint density at radius 3 is 2.51 bits per heavy atom. The maximum absolute atomic E-state index is 11.5. The summed E-state index contributed by atoms with van der Waals surface area (Å²) in [7, 11) is -8.22. The third kappa shape index (κ3) is 6.23. The van der Waals surface area contributed by atoms with Gasteiger partial charge in [-0.2, -0.15) is 32.7 Å². The fourth-order valence-electron chi connectivity index (χ4n) is 4.94. The van der Waals surface area contributed by atoms with Gasteiger partial charge in [0.05, 0.1) is 39.9 Å². The average molecular weight is 650 g/mol. The van der Waals surface area contributed by atoms with Gasteiger partial charge >= 0.3 is 0 Å². The van der Waals surface area contributed by atoms with Crippen molar-refractivity contribution in [1.82, 2.24) is 0 Å². The first kappa shape index (κ1) is 28.4. The maximum atomic E-state index is 11.5. The van der Waals surface area contributed by atoms with Crippen LogP contribution in [0, 0.1) is 0 Å². The van der Waals surface area contributed by atoms with E-state index in [0.717, 1.165) is 47.3 Å². The van der Waals surface area contributed by atoms with Crippen LogP contribution >= 0.6 is 34.4 Å². The van der Waals surface area contributed by atoms with Crippen LogP contribution in [0.3, 0.4) is 0 Å². The second-order valence-electron chi connectivity index (χ2n) is 9.55. The molecule has 1 aliphatic rings. The van der Waals surface area contributed by atoms with E-state index in [1.54, 1.807) is 40.7 Å². The molecule has 2 aromatic carbocycles. The number of furan rings is 1.